The van der Waals surface area contributed by atoms with Crippen LogP contribution in [-0.2, 0) is 19.2 Å². The normalized spacial score (nSPS) is 32.0. The van der Waals surface area contributed by atoms with Crippen LogP contribution in [0, 0.1) is 11.8 Å². The summed E-state index contributed by atoms with van der Waals surface area (Å²) in [5.74, 6) is -0.471. The quantitative estimate of drug-likeness (QED) is 0.366. The largest absolute Gasteiger partial charge is 0.481 e. The number of likely N-dealkylation sites (N-methyl/N-ethyl adjacent to an activating group) is 1. The first-order chi connectivity index (χ1) is 18.4. The number of fused-ring (bicyclic) bond motifs is 1. The Labute approximate surface area is 226 Å². The van der Waals surface area contributed by atoms with Crippen LogP contribution >= 0.6 is 0 Å². The molecule has 0 aromatic heterocycles. The Morgan fingerprint density at radius 3 is 2.39 bits per heavy atom. The van der Waals surface area contributed by atoms with Gasteiger partial charge in [-0.05, 0) is 76.8 Å². The van der Waals surface area contributed by atoms with E-state index in [4.69, 9.17) is 5.11 Å². The van der Waals surface area contributed by atoms with Crippen LogP contribution in [0.15, 0.2) is 0 Å². The minimum atomic E-state index is -0.997. The monoisotopic (exact) mass is 533 g/mol. The summed E-state index contributed by atoms with van der Waals surface area (Å²) in [7, 11) is 1.76. The van der Waals surface area contributed by atoms with Gasteiger partial charge >= 0.3 is 5.97 Å². The van der Waals surface area contributed by atoms with Crippen molar-refractivity contribution in [2.75, 3.05) is 33.2 Å². The summed E-state index contributed by atoms with van der Waals surface area (Å²) in [6, 6.07) is 0.639. The highest BCUT2D eigenvalue weighted by molar-refractivity contribution is 5.80. The zero-order valence-corrected chi connectivity index (χ0v) is 23.0. The number of carboxylic acids is 1. The van der Waals surface area contributed by atoms with Crippen molar-refractivity contribution in [1.82, 2.24) is 25.3 Å². The van der Waals surface area contributed by atoms with Crippen molar-refractivity contribution >= 4 is 24.2 Å². The molecule has 10 nitrogen and oxygen atoms in total. The molecule has 4 fully saturated rings. The lowest BCUT2D eigenvalue weighted by Gasteiger charge is -2.49. The summed E-state index contributed by atoms with van der Waals surface area (Å²) in [5.41, 5.74) is 0. The third-order valence-corrected chi connectivity index (χ3v) is 9.47. The van der Waals surface area contributed by atoms with E-state index in [9.17, 15) is 19.2 Å². The van der Waals surface area contributed by atoms with E-state index < -0.39 is 5.97 Å². The van der Waals surface area contributed by atoms with E-state index in [-0.39, 0.29) is 49.3 Å². The number of hydrogen-bond donors (Lipinski definition) is 3. The summed E-state index contributed by atoms with van der Waals surface area (Å²) in [4.78, 5) is 53.8. The first-order valence-corrected chi connectivity index (χ1v) is 14.8. The van der Waals surface area contributed by atoms with Gasteiger partial charge in [0, 0.05) is 37.6 Å². The number of carboxylic acid groups (broad SMARTS) is 1. The lowest BCUT2D eigenvalue weighted by atomic mass is 9.71. The maximum absolute atomic E-state index is 13.6. The molecule has 214 valence electrons. The molecule has 3 amide bonds. The number of nitrogens with zero attached hydrogens (tertiary/aromatic N) is 3. The second-order valence-corrected chi connectivity index (χ2v) is 11.9. The van der Waals surface area contributed by atoms with Gasteiger partial charge in [0.1, 0.15) is 0 Å². The van der Waals surface area contributed by atoms with Crippen molar-refractivity contribution in [3.05, 3.63) is 0 Å². The number of rotatable bonds is 10. The number of aliphatic carboxylic acids is 1. The van der Waals surface area contributed by atoms with E-state index in [0.717, 1.165) is 51.6 Å². The third kappa shape index (κ3) is 7.46. The Morgan fingerprint density at radius 2 is 1.71 bits per heavy atom. The predicted molar refractivity (Wildman–Crippen MR) is 143 cm³/mol. The highest BCUT2D eigenvalue weighted by Gasteiger charge is 2.44. The van der Waals surface area contributed by atoms with E-state index in [1.807, 2.05) is 0 Å². The molecule has 2 saturated carbocycles. The van der Waals surface area contributed by atoms with E-state index in [2.05, 4.69) is 15.5 Å². The number of carbonyl (C=O) groups excluding carboxylic acids is 3. The number of piperidine rings is 2. The van der Waals surface area contributed by atoms with Crippen LogP contribution in [0.4, 0.5) is 0 Å². The fourth-order valence-electron chi connectivity index (χ4n) is 7.18. The number of amides is 3. The molecule has 0 aromatic carbocycles. The Bertz CT molecular complexity index is 826. The van der Waals surface area contributed by atoms with Gasteiger partial charge in [-0.3, -0.25) is 29.4 Å². The van der Waals surface area contributed by atoms with Crippen LogP contribution in [0.3, 0.4) is 0 Å². The lowest BCUT2D eigenvalue weighted by Crippen LogP contribution is -2.62. The number of nitrogens with one attached hydrogen (secondary N) is 2. The Balaban J connectivity index is 1.27. The first kappa shape index (κ1) is 28.8. The van der Waals surface area contributed by atoms with Crippen molar-refractivity contribution in [2.45, 2.75) is 108 Å². The zero-order chi connectivity index (χ0) is 27.1. The molecule has 4 unspecified atom stereocenters. The molecule has 2 saturated heterocycles. The van der Waals surface area contributed by atoms with Crippen molar-refractivity contribution in [3.8, 4) is 0 Å². The molecule has 0 radical (unpaired) electrons. The van der Waals surface area contributed by atoms with Gasteiger partial charge in [-0.1, -0.05) is 19.3 Å². The second kappa shape index (κ2) is 13.7. The summed E-state index contributed by atoms with van der Waals surface area (Å²) < 4.78 is 0. The summed E-state index contributed by atoms with van der Waals surface area (Å²) in [6.07, 6.45) is 13.4. The Morgan fingerprint density at radius 1 is 1.00 bits per heavy atom. The standard InChI is InChI=1S/C28H47N5O5/c1-31(26(35)18-32(19-34)16-13-27(36)37)21-11-9-20(10-12-21)29-28(38)23-17-25(33-14-5-2-6-15-33)30-24-8-4-3-7-22(23)24/h19-25,30H,2-18H2,1H3,(H,29,38)(H,36,37). The minimum Gasteiger partial charge on any atom is -0.481 e. The maximum atomic E-state index is 13.6. The van der Waals surface area contributed by atoms with Gasteiger partial charge in [0.25, 0.3) is 0 Å². The molecule has 0 bridgehead atoms. The molecule has 10 heteroatoms. The molecule has 2 aliphatic carbocycles. The molecule has 4 aliphatic rings. The summed E-state index contributed by atoms with van der Waals surface area (Å²) in [5, 5.41) is 16.2. The van der Waals surface area contributed by atoms with Gasteiger partial charge < -0.3 is 20.2 Å². The fraction of sp³-hybridized carbons (Fsp3) is 0.857. The van der Waals surface area contributed by atoms with E-state index >= 15 is 0 Å². The molecular formula is C28H47N5O5. The fourth-order valence-corrected chi connectivity index (χ4v) is 7.18. The molecule has 2 heterocycles. The average Bonchev–Trinajstić information content (AvgIpc) is 2.94. The summed E-state index contributed by atoms with van der Waals surface area (Å²) in [6.45, 7) is 2.17. The molecule has 38 heavy (non-hydrogen) atoms. The first-order valence-electron chi connectivity index (χ1n) is 14.8. The number of hydrogen-bond acceptors (Lipinski definition) is 6. The zero-order valence-electron chi connectivity index (χ0n) is 23.0. The Kier molecular flexibility index (Phi) is 10.4. The van der Waals surface area contributed by atoms with Crippen LogP contribution in [0.25, 0.3) is 0 Å². The molecule has 2 aliphatic heterocycles. The molecule has 0 aromatic rings. The van der Waals surface area contributed by atoms with Gasteiger partial charge in [-0.2, -0.15) is 0 Å². The topological polar surface area (TPSA) is 122 Å². The van der Waals surface area contributed by atoms with Gasteiger partial charge in [0.2, 0.25) is 18.2 Å². The van der Waals surface area contributed by atoms with Crippen LogP contribution in [0.1, 0.15) is 83.5 Å². The molecule has 0 spiro atoms. The van der Waals surface area contributed by atoms with E-state index in [1.165, 1.54) is 43.4 Å². The predicted octanol–water partition coefficient (Wildman–Crippen LogP) is 1.79. The number of likely N-dealkylation sites (tertiary alicyclic amines) is 1. The van der Waals surface area contributed by atoms with Gasteiger partial charge in [0.05, 0.1) is 19.1 Å². The van der Waals surface area contributed by atoms with Gasteiger partial charge in [0.15, 0.2) is 0 Å². The summed E-state index contributed by atoms with van der Waals surface area (Å²) >= 11 is 0. The van der Waals surface area contributed by atoms with Crippen molar-refractivity contribution in [2.24, 2.45) is 11.8 Å². The molecule has 3 N–H and O–H groups in total. The highest BCUT2D eigenvalue weighted by Crippen LogP contribution is 2.38. The van der Waals surface area contributed by atoms with Crippen LogP contribution in [0.2, 0.25) is 0 Å². The molecular weight excluding hydrogens is 486 g/mol. The minimum absolute atomic E-state index is 0.0222. The SMILES string of the molecule is CN(C(=O)CN(C=O)CCC(=O)O)C1CCC(NC(=O)C2CC(N3CCCCC3)NC3CCCCC32)CC1. The van der Waals surface area contributed by atoms with E-state index in [1.54, 1.807) is 11.9 Å². The van der Waals surface area contributed by atoms with Gasteiger partial charge in [-0.15, -0.1) is 0 Å². The number of carbonyl (C=O) groups is 4. The lowest BCUT2D eigenvalue weighted by molar-refractivity contribution is -0.140. The van der Waals surface area contributed by atoms with E-state index in [0.29, 0.717) is 24.5 Å². The second-order valence-electron chi connectivity index (χ2n) is 11.9. The Hall–Kier alpha value is -2.20. The highest BCUT2D eigenvalue weighted by atomic mass is 16.4. The van der Waals surface area contributed by atoms with Crippen LogP contribution < -0.4 is 10.6 Å². The van der Waals surface area contributed by atoms with Crippen molar-refractivity contribution in [3.63, 3.8) is 0 Å². The van der Waals surface area contributed by atoms with Gasteiger partial charge in [-0.25, -0.2) is 0 Å². The smallest absolute Gasteiger partial charge is 0.305 e. The van der Waals surface area contributed by atoms with Crippen molar-refractivity contribution < 1.29 is 24.3 Å². The molecule has 4 rings (SSSR count). The molecule has 4 atom stereocenters. The maximum Gasteiger partial charge on any atom is 0.305 e. The van der Waals surface area contributed by atoms with Crippen molar-refractivity contribution in [1.29, 1.82) is 0 Å². The third-order valence-electron chi connectivity index (χ3n) is 9.47. The average molecular weight is 534 g/mol. The van der Waals surface area contributed by atoms with Crippen LogP contribution in [-0.4, -0.2) is 102 Å². The van der Waals surface area contributed by atoms with Crippen LogP contribution in [0.5, 0.6) is 0 Å².